The van der Waals surface area contributed by atoms with Crippen LogP contribution in [0.25, 0.3) is 0 Å². The molecule has 0 saturated heterocycles. The van der Waals surface area contributed by atoms with Gasteiger partial charge in [-0.2, -0.15) is 0 Å². The summed E-state index contributed by atoms with van der Waals surface area (Å²) in [5.74, 6) is 1.51. The summed E-state index contributed by atoms with van der Waals surface area (Å²) in [5.41, 5.74) is 0.721. The van der Waals surface area contributed by atoms with Crippen molar-refractivity contribution in [3.63, 3.8) is 0 Å². The number of hydrogen-bond acceptors (Lipinski definition) is 2. The second-order valence-electron chi connectivity index (χ2n) is 5.48. The molecule has 18 heavy (non-hydrogen) atoms. The molecule has 1 fully saturated rings. The van der Waals surface area contributed by atoms with E-state index in [9.17, 15) is 4.79 Å². The third kappa shape index (κ3) is 3.29. The van der Waals surface area contributed by atoms with Crippen molar-refractivity contribution < 1.29 is 4.79 Å². The minimum atomic E-state index is 0.0371. The Bertz CT molecular complexity index is 415. The first-order chi connectivity index (χ1) is 8.56. The van der Waals surface area contributed by atoms with Gasteiger partial charge in [0.15, 0.2) is 0 Å². The Kier molecular flexibility index (Phi) is 4.33. The normalized spacial score (nSPS) is 27.8. The zero-order valence-corrected chi connectivity index (χ0v) is 11.9. The molecule has 0 aromatic heterocycles. The SMILES string of the molecule is CC1CCC(NC(=O)c2ccc(S)cc2)CC1C. The van der Waals surface area contributed by atoms with E-state index < -0.39 is 0 Å². The van der Waals surface area contributed by atoms with Crippen molar-refractivity contribution >= 4 is 18.5 Å². The van der Waals surface area contributed by atoms with Crippen molar-refractivity contribution in [2.75, 3.05) is 0 Å². The molecule has 2 nitrogen and oxygen atoms in total. The monoisotopic (exact) mass is 263 g/mol. The van der Waals surface area contributed by atoms with Gasteiger partial charge in [0.2, 0.25) is 0 Å². The van der Waals surface area contributed by atoms with E-state index in [0.29, 0.717) is 12.0 Å². The largest absolute Gasteiger partial charge is 0.349 e. The molecule has 0 aliphatic heterocycles. The van der Waals surface area contributed by atoms with Gasteiger partial charge in [-0.25, -0.2) is 0 Å². The highest BCUT2D eigenvalue weighted by Gasteiger charge is 2.25. The van der Waals surface area contributed by atoms with Crippen LogP contribution < -0.4 is 5.32 Å². The molecule has 3 unspecified atom stereocenters. The maximum atomic E-state index is 12.1. The van der Waals surface area contributed by atoms with Gasteiger partial charge in [-0.15, -0.1) is 12.6 Å². The first-order valence-corrected chi connectivity index (χ1v) is 7.11. The molecule has 3 heteroatoms. The number of rotatable bonds is 2. The van der Waals surface area contributed by atoms with Crippen LogP contribution in [-0.4, -0.2) is 11.9 Å². The van der Waals surface area contributed by atoms with Gasteiger partial charge in [-0.3, -0.25) is 4.79 Å². The van der Waals surface area contributed by atoms with E-state index in [1.807, 2.05) is 24.3 Å². The van der Waals surface area contributed by atoms with Crippen LogP contribution in [0.5, 0.6) is 0 Å². The molecular weight excluding hydrogens is 242 g/mol. The topological polar surface area (TPSA) is 29.1 Å². The highest BCUT2D eigenvalue weighted by molar-refractivity contribution is 7.80. The third-order valence-electron chi connectivity index (χ3n) is 4.06. The predicted octanol–water partition coefficient (Wildman–Crippen LogP) is 3.53. The molecule has 98 valence electrons. The van der Waals surface area contributed by atoms with Crippen LogP contribution in [0.1, 0.15) is 43.5 Å². The number of carbonyl (C=O) groups excluding carboxylic acids is 1. The van der Waals surface area contributed by atoms with Crippen LogP contribution in [0.2, 0.25) is 0 Å². The molecule has 0 heterocycles. The van der Waals surface area contributed by atoms with Crippen LogP contribution in [0.4, 0.5) is 0 Å². The second kappa shape index (κ2) is 5.79. The molecule has 3 atom stereocenters. The molecule has 0 spiro atoms. The number of benzene rings is 1. The number of amides is 1. The zero-order valence-electron chi connectivity index (χ0n) is 11.0. The molecule has 0 bridgehead atoms. The Balaban J connectivity index is 1.93. The fraction of sp³-hybridized carbons (Fsp3) is 0.533. The van der Waals surface area contributed by atoms with Gasteiger partial charge >= 0.3 is 0 Å². The Morgan fingerprint density at radius 1 is 1.17 bits per heavy atom. The Hall–Kier alpha value is -0.960. The third-order valence-corrected chi connectivity index (χ3v) is 4.36. The van der Waals surface area contributed by atoms with Crippen LogP contribution in [0.15, 0.2) is 29.2 Å². The molecule has 2 rings (SSSR count). The van der Waals surface area contributed by atoms with Gasteiger partial charge in [0.1, 0.15) is 0 Å². The lowest BCUT2D eigenvalue weighted by molar-refractivity contribution is 0.0910. The van der Waals surface area contributed by atoms with Crippen molar-refractivity contribution in [3.05, 3.63) is 29.8 Å². The van der Waals surface area contributed by atoms with Gasteiger partial charge in [0.25, 0.3) is 5.91 Å². The summed E-state index contributed by atoms with van der Waals surface area (Å²) in [6, 6.07) is 7.69. The summed E-state index contributed by atoms with van der Waals surface area (Å²) in [6.45, 7) is 4.58. The van der Waals surface area contributed by atoms with E-state index in [2.05, 4.69) is 31.8 Å². The number of thiol groups is 1. The maximum absolute atomic E-state index is 12.1. The molecule has 0 radical (unpaired) electrons. The lowest BCUT2D eigenvalue weighted by atomic mass is 9.79. The Morgan fingerprint density at radius 2 is 1.83 bits per heavy atom. The van der Waals surface area contributed by atoms with Crippen molar-refractivity contribution in [1.29, 1.82) is 0 Å². The first kappa shape index (κ1) is 13.5. The number of nitrogens with one attached hydrogen (secondary N) is 1. The minimum Gasteiger partial charge on any atom is -0.349 e. The Labute approximate surface area is 115 Å². The van der Waals surface area contributed by atoms with Crippen LogP contribution >= 0.6 is 12.6 Å². The van der Waals surface area contributed by atoms with Crippen LogP contribution in [-0.2, 0) is 0 Å². The molecule has 1 N–H and O–H groups in total. The zero-order chi connectivity index (χ0) is 13.1. The van der Waals surface area contributed by atoms with Crippen molar-refractivity contribution in [1.82, 2.24) is 5.32 Å². The quantitative estimate of drug-likeness (QED) is 0.785. The molecule has 1 aromatic rings. The first-order valence-electron chi connectivity index (χ1n) is 6.66. The average molecular weight is 263 g/mol. The molecule has 1 amide bonds. The number of carbonyl (C=O) groups is 1. The Morgan fingerprint density at radius 3 is 2.44 bits per heavy atom. The van der Waals surface area contributed by atoms with Gasteiger partial charge in [-0.1, -0.05) is 13.8 Å². The van der Waals surface area contributed by atoms with Crippen LogP contribution in [0, 0.1) is 11.8 Å². The van der Waals surface area contributed by atoms with Crippen molar-refractivity contribution in [2.24, 2.45) is 11.8 Å². The molecule has 1 aromatic carbocycles. The van der Waals surface area contributed by atoms with Gasteiger partial charge in [0, 0.05) is 16.5 Å². The summed E-state index contributed by atoms with van der Waals surface area (Å²) in [7, 11) is 0. The standard InChI is InChI=1S/C15H21NOS/c1-10-3-6-13(9-11(10)2)16-15(17)12-4-7-14(18)8-5-12/h4-5,7-8,10-11,13,18H,3,6,9H2,1-2H3,(H,16,17). The van der Waals surface area contributed by atoms with Crippen LogP contribution in [0.3, 0.4) is 0 Å². The van der Waals surface area contributed by atoms with E-state index in [1.165, 1.54) is 6.42 Å². The molecule has 1 saturated carbocycles. The van der Waals surface area contributed by atoms with Gasteiger partial charge < -0.3 is 5.32 Å². The lowest BCUT2D eigenvalue weighted by Gasteiger charge is -2.32. The van der Waals surface area contributed by atoms with Crippen molar-refractivity contribution in [3.8, 4) is 0 Å². The highest BCUT2D eigenvalue weighted by atomic mass is 32.1. The summed E-state index contributed by atoms with van der Waals surface area (Å²) < 4.78 is 0. The predicted molar refractivity (Wildman–Crippen MR) is 77.1 cm³/mol. The fourth-order valence-corrected chi connectivity index (χ4v) is 2.71. The van der Waals surface area contributed by atoms with E-state index in [-0.39, 0.29) is 5.91 Å². The van der Waals surface area contributed by atoms with E-state index in [4.69, 9.17) is 0 Å². The summed E-state index contributed by atoms with van der Waals surface area (Å²) in [6.07, 6.45) is 3.40. The molecule has 1 aliphatic rings. The molecular formula is C15H21NOS. The van der Waals surface area contributed by atoms with E-state index >= 15 is 0 Å². The van der Waals surface area contributed by atoms with Gasteiger partial charge in [0.05, 0.1) is 0 Å². The second-order valence-corrected chi connectivity index (χ2v) is 6.00. The maximum Gasteiger partial charge on any atom is 0.251 e. The summed E-state index contributed by atoms with van der Waals surface area (Å²) in [5, 5.41) is 3.14. The van der Waals surface area contributed by atoms with E-state index in [1.54, 1.807) is 0 Å². The lowest BCUT2D eigenvalue weighted by Crippen LogP contribution is -2.39. The van der Waals surface area contributed by atoms with Crippen molar-refractivity contribution in [2.45, 2.75) is 44.0 Å². The summed E-state index contributed by atoms with van der Waals surface area (Å²) >= 11 is 4.22. The van der Waals surface area contributed by atoms with E-state index in [0.717, 1.165) is 29.2 Å². The fourth-order valence-electron chi connectivity index (χ4n) is 2.56. The average Bonchev–Trinajstić information content (AvgIpc) is 2.34. The number of hydrogen-bond donors (Lipinski definition) is 2. The minimum absolute atomic E-state index is 0.0371. The molecule has 1 aliphatic carbocycles. The highest BCUT2D eigenvalue weighted by Crippen LogP contribution is 2.29. The van der Waals surface area contributed by atoms with Gasteiger partial charge in [-0.05, 0) is 55.4 Å². The smallest absolute Gasteiger partial charge is 0.251 e. The summed E-state index contributed by atoms with van der Waals surface area (Å²) in [4.78, 5) is 13.0.